The lowest BCUT2D eigenvalue weighted by Gasteiger charge is -2.48. The van der Waals surface area contributed by atoms with Gasteiger partial charge in [0.2, 0.25) is 12.5 Å². The Morgan fingerprint density at radius 2 is 1.92 bits per heavy atom. The molecule has 6 heteroatoms. The molecule has 2 heterocycles. The Morgan fingerprint density at radius 3 is 2.69 bits per heavy atom. The summed E-state index contributed by atoms with van der Waals surface area (Å²) in [7, 11) is 1.67. The molecule has 2 aliphatic heterocycles. The minimum absolute atomic E-state index is 0.267. The summed E-state index contributed by atoms with van der Waals surface area (Å²) in [5.41, 5.74) is 1.45. The minimum Gasteiger partial charge on any atom is -0.493 e. The number of morpholine rings is 1. The Kier molecular flexibility index (Phi) is 5.52. The first-order chi connectivity index (χ1) is 12.8. The van der Waals surface area contributed by atoms with Crippen LogP contribution in [0.3, 0.4) is 0 Å². The second-order valence-corrected chi connectivity index (χ2v) is 7.52. The molecule has 0 amide bonds. The lowest BCUT2D eigenvalue weighted by atomic mass is 9.79. The standard InChI is InChI=1S/C20H30N2O4/c1-23-17-11-16(12-18-19(17)26-15-25-18)13-21-14-20(5-3-2-4-6-20)22-7-9-24-10-8-22/h11-12,21H,2-10,13-15H2,1H3. The zero-order valence-corrected chi connectivity index (χ0v) is 15.7. The van der Waals surface area contributed by atoms with Gasteiger partial charge < -0.3 is 24.3 Å². The molecule has 0 aromatic heterocycles. The lowest BCUT2D eigenvalue weighted by Crippen LogP contribution is -2.59. The predicted molar refractivity (Wildman–Crippen MR) is 99.0 cm³/mol. The number of nitrogens with zero attached hydrogens (tertiary/aromatic N) is 1. The van der Waals surface area contributed by atoms with Gasteiger partial charge in [0.1, 0.15) is 0 Å². The van der Waals surface area contributed by atoms with Gasteiger partial charge in [0.25, 0.3) is 0 Å². The van der Waals surface area contributed by atoms with Crippen molar-refractivity contribution in [3.05, 3.63) is 17.7 Å². The minimum atomic E-state index is 0.267. The molecular weight excluding hydrogens is 332 g/mol. The predicted octanol–water partition coefficient (Wildman–Crippen LogP) is 2.55. The van der Waals surface area contributed by atoms with Crippen LogP contribution in [-0.4, -0.2) is 57.2 Å². The van der Waals surface area contributed by atoms with Gasteiger partial charge in [0.05, 0.1) is 20.3 Å². The van der Waals surface area contributed by atoms with Crippen LogP contribution in [0.15, 0.2) is 12.1 Å². The number of hydrogen-bond acceptors (Lipinski definition) is 6. The van der Waals surface area contributed by atoms with Crippen LogP contribution in [0, 0.1) is 0 Å². The van der Waals surface area contributed by atoms with Crippen LogP contribution >= 0.6 is 0 Å². The van der Waals surface area contributed by atoms with Gasteiger partial charge in [-0.25, -0.2) is 0 Å². The smallest absolute Gasteiger partial charge is 0.231 e. The Hall–Kier alpha value is -1.50. The summed E-state index contributed by atoms with van der Waals surface area (Å²) in [4.78, 5) is 2.67. The van der Waals surface area contributed by atoms with Gasteiger partial charge in [0.15, 0.2) is 11.5 Å². The summed E-state index contributed by atoms with van der Waals surface area (Å²) in [6.45, 7) is 5.92. The van der Waals surface area contributed by atoms with Crippen molar-refractivity contribution in [3.8, 4) is 17.2 Å². The van der Waals surface area contributed by atoms with Gasteiger partial charge in [-0.1, -0.05) is 19.3 Å². The number of benzene rings is 1. The van der Waals surface area contributed by atoms with Crippen LogP contribution in [0.2, 0.25) is 0 Å². The summed E-state index contributed by atoms with van der Waals surface area (Å²) in [6, 6.07) is 4.10. The molecule has 1 saturated carbocycles. The van der Waals surface area contributed by atoms with Crippen molar-refractivity contribution in [2.75, 3.05) is 46.8 Å². The Balaban J connectivity index is 1.42. The number of nitrogens with one attached hydrogen (secondary N) is 1. The van der Waals surface area contributed by atoms with Crippen LogP contribution in [0.5, 0.6) is 17.2 Å². The van der Waals surface area contributed by atoms with Crippen molar-refractivity contribution in [2.45, 2.75) is 44.2 Å². The van der Waals surface area contributed by atoms with Crippen molar-refractivity contribution in [1.82, 2.24) is 10.2 Å². The fourth-order valence-electron chi connectivity index (χ4n) is 4.58. The average molecular weight is 362 g/mol. The topological polar surface area (TPSA) is 52.2 Å². The van der Waals surface area contributed by atoms with Crippen molar-refractivity contribution >= 4 is 0 Å². The molecule has 0 spiro atoms. The molecule has 2 fully saturated rings. The highest BCUT2D eigenvalue weighted by atomic mass is 16.7. The molecule has 0 unspecified atom stereocenters. The van der Waals surface area contributed by atoms with E-state index in [9.17, 15) is 0 Å². The Morgan fingerprint density at radius 1 is 1.12 bits per heavy atom. The summed E-state index contributed by atoms with van der Waals surface area (Å²) < 4.78 is 22.1. The van der Waals surface area contributed by atoms with Gasteiger partial charge in [0, 0.05) is 31.7 Å². The monoisotopic (exact) mass is 362 g/mol. The maximum absolute atomic E-state index is 5.58. The zero-order chi connectivity index (χ0) is 17.8. The first-order valence-electron chi connectivity index (χ1n) is 9.81. The van der Waals surface area contributed by atoms with E-state index in [1.165, 1.54) is 37.7 Å². The van der Waals surface area contributed by atoms with E-state index in [2.05, 4.69) is 16.3 Å². The second kappa shape index (κ2) is 8.03. The maximum atomic E-state index is 5.58. The van der Waals surface area contributed by atoms with Gasteiger partial charge >= 0.3 is 0 Å². The van der Waals surface area contributed by atoms with Crippen LogP contribution in [0.4, 0.5) is 0 Å². The van der Waals surface area contributed by atoms with Crippen LogP contribution in [0.25, 0.3) is 0 Å². The number of methoxy groups -OCH3 is 1. The number of fused-ring (bicyclic) bond motifs is 1. The molecule has 26 heavy (non-hydrogen) atoms. The van der Waals surface area contributed by atoms with Gasteiger partial charge in [-0.2, -0.15) is 0 Å². The molecule has 6 nitrogen and oxygen atoms in total. The van der Waals surface area contributed by atoms with Crippen molar-refractivity contribution in [2.24, 2.45) is 0 Å². The van der Waals surface area contributed by atoms with Gasteiger partial charge in [-0.15, -0.1) is 0 Å². The van der Waals surface area contributed by atoms with E-state index in [0.717, 1.165) is 50.9 Å². The van der Waals surface area contributed by atoms with Gasteiger partial charge in [-0.05, 0) is 30.5 Å². The van der Waals surface area contributed by atoms with Crippen molar-refractivity contribution in [1.29, 1.82) is 0 Å². The Labute approximate surface area is 155 Å². The second-order valence-electron chi connectivity index (χ2n) is 7.52. The highest BCUT2D eigenvalue weighted by Crippen LogP contribution is 2.42. The van der Waals surface area contributed by atoms with E-state index in [-0.39, 0.29) is 12.3 Å². The average Bonchev–Trinajstić information content (AvgIpc) is 3.17. The van der Waals surface area contributed by atoms with Crippen LogP contribution in [-0.2, 0) is 11.3 Å². The molecule has 0 atom stereocenters. The summed E-state index contributed by atoms with van der Waals surface area (Å²) in [5.74, 6) is 2.24. The molecule has 1 N–H and O–H groups in total. The first-order valence-corrected chi connectivity index (χ1v) is 9.81. The van der Waals surface area contributed by atoms with E-state index >= 15 is 0 Å². The molecule has 1 aromatic rings. The summed E-state index contributed by atoms with van der Waals surface area (Å²) >= 11 is 0. The van der Waals surface area contributed by atoms with E-state index in [1.54, 1.807) is 7.11 Å². The normalized spacial score (nSPS) is 22.3. The third kappa shape index (κ3) is 3.63. The number of ether oxygens (including phenoxy) is 4. The molecule has 1 aromatic carbocycles. The molecule has 4 rings (SSSR count). The lowest BCUT2D eigenvalue weighted by molar-refractivity contribution is -0.0369. The molecule has 1 aliphatic carbocycles. The van der Waals surface area contributed by atoms with E-state index in [1.807, 2.05) is 6.07 Å². The Bertz CT molecular complexity index is 610. The quantitative estimate of drug-likeness (QED) is 0.839. The fraction of sp³-hybridized carbons (Fsp3) is 0.700. The van der Waals surface area contributed by atoms with Crippen LogP contribution < -0.4 is 19.5 Å². The molecule has 1 saturated heterocycles. The fourth-order valence-corrected chi connectivity index (χ4v) is 4.58. The first kappa shape index (κ1) is 17.9. The number of hydrogen-bond donors (Lipinski definition) is 1. The third-order valence-corrected chi connectivity index (χ3v) is 5.97. The molecule has 144 valence electrons. The molecular formula is C20H30N2O4. The highest BCUT2D eigenvalue weighted by Gasteiger charge is 2.38. The van der Waals surface area contributed by atoms with E-state index in [4.69, 9.17) is 18.9 Å². The number of rotatable bonds is 6. The third-order valence-electron chi connectivity index (χ3n) is 5.97. The maximum Gasteiger partial charge on any atom is 0.231 e. The largest absolute Gasteiger partial charge is 0.493 e. The summed E-state index contributed by atoms with van der Waals surface area (Å²) in [5, 5.41) is 3.72. The van der Waals surface area contributed by atoms with E-state index < -0.39 is 0 Å². The highest BCUT2D eigenvalue weighted by molar-refractivity contribution is 5.55. The molecule has 0 radical (unpaired) electrons. The van der Waals surface area contributed by atoms with Crippen molar-refractivity contribution < 1.29 is 18.9 Å². The molecule has 0 bridgehead atoms. The SMILES string of the molecule is COc1cc(CNCC2(N3CCOCC3)CCCCC2)cc2c1OCO2. The van der Waals surface area contributed by atoms with Gasteiger partial charge in [-0.3, -0.25) is 4.90 Å². The van der Waals surface area contributed by atoms with E-state index in [0.29, 0.717) is 5.75 Å². The zero-order valence-electron chi connectivity index (χ0n) is 15.7. The molecule has 3 aliphatic rings. The summed E-state index contributed by atoms with van der Waals surface area (Å²) in [6.07, 6.45) is 6.59. The van der Waals surface area contributed by atoms with Crippen LogP contribution in [0.1, 0.15) is 37.7 Å². The van der Waals surface area contributed by atoms with Crippen molar-refractivity contribution in [3.63, 3.8) is 0 Å².